The number of ether oxygens (including phenoxy) is 2. The summed E-state index contributed by atoms with van der Waals surface area (Å²) in [5.41, 5.74) is 2.28. The van der Waals surface area contributed by atoms with Crippen LogP contribution >= 0.6 is 11.6 Å². The molecule has 0 atom stereocenters. The van der Waals surface area contributed by atoms with Gasteiger partial charge in [-0.25, -0.2) is 0 Å². The number of halogens is 4. The first-order valence-electron chi connectivity index (χ1n) is 11.5. The van der Waals surface area contributed by atoms with Crippen molar-refractivity contribution in [3.63, 3.8) is 0 Å². The average molecular weight is 565 g/mol. The van der Waals surface area contributed by atoms with E-state index < -0.39 is 11.7 Å². The molecule has 0 heterocycles. The van der Waals surface area contributed by atoms with Crippen molar-refractivity contribution in [2.45, 2.75) is 33.6 Å². The average Bonchev–Trinajstić information content (AvgIpc) is 2.90. The fraction of sp³-hybridized carbons (Fsp3) is 0.250. The van der Waals surface area contributed by atoms with Crippen LogP contribution in [0.25, 0.3) is 0 Å². The highest BCUT2D eigenvalue weighted by Crippen LogP contribution is 2.36. The largest absolute Gasteiger partial charge is 0.471 e. The lowest BCUT2D eigenvalue weighted by molar-refractivity contribution is -0.137. The molecule has 11 heteroatoms. The van der Waals surface area contributed by atoms with Crippen LogP contribution in [0.4, 0.5) is 13.2 Å². The molecule has 208 valence electrons. The molecule has 0 bridgehead atoms. The smallest absolute Gasteiger partial charge is 0.417 e. The van der Waals surface area contributed by atoms with Gasteiger partial charge in [-0.1, -0.05) is 40.1 Å². The summed E-state index contributed by atoms with van der Waals surface area (Å²) in [5.74, 6) is 0.403. The molecule has 39 heavy (non-hydrogen) atoms. The number of rotatable bonds is 9. The topological polar surface area (TPSA) is 78.7 Å². The van der Waals surface area contributed by atoms with E-state index >= 15 is 0 Å². The van der Waals surface area contributed by atoms with Crippen molar-refractivity contribution >= 4 is 29.5 Å². The third-order valence-electron chi connectivity index (χ3n) is 5.27. The van der Waals surface area contributed by atoms with Crippen LogP contribution < -0.4 is 4.74 Å². The molecule has 3 aromatic rings. The molecule has 0 saturated heterocycles. The Kier molecular flexibility index (Phi) is 11.8. The number of benzene rings is 3. The van der Waals surface area contributed by atoms with Crippen molar-refractivity contribution in [1.82, 2.24) is 0 Å². The molecule has 7 nitrogen and oxygen atoms in total. The molecular weight excluding hydrogens is 537 g/mol. The lowest BCUT2D eigenvalue weighted by atomic mass is 10.00. The van der Waals surface area contributed by atoms with E-state index in [4.69, 9.17) is 30.8 Å². The van der Waals surface area contributed by atoms with Crippen LogP contribution in [-0.4, -0.2) is 32.1 Å². The van der Waals surface area contributed by atoms with E-state index in [0.717, 1.165) is 22.8 Å². The van der Waals surface area contributed by atoms with Gasteiger partial charge in [0.2, 0.25) is 0 Å². The molecule has 0 N–H and O–H groups in total. The SMILES string of the molecule is CO/N=C(/C)c1cccc(C)c1CO/N=C(\C)c1ccc(Oc2ccc(Cl)cc2)cc1C(F)(F)F.COC=O. The van der Waals surface area contributed by atoms with E-state index in [1.165, 1.54) is 33.3 Å². The van der Waals surface area contributed by atoms with Crippen LogP contribution in [0.1, 0.15) is 41.7 Å². The zero-order valence-electron chi connectivity index (χ0n) is 22.0. The molecular formula is C28H28ClF3N2O5. The molecule has 0 aromatic heterocycles. The van der Waals surface area contributed by atoms with Crippen molar-refractivity contribution in [3.05, 3.63) is 93.5 Å². The minimum Gasteiger partial charge on any atom is -0.471 e. The number of nitrogens with zero attached hydrogens (tertiary/aromatic N) is 2. The van der Waals surface area contributed by atoms with Gasteiger partial charge in [-0.3, -0.25) is 4.79 Å². The van der Waals surface area contributed by atoms with Gasteiger partial charge in [0.05, 0.1) is 24.1 Å². The van der Waals surface area contributed by atoms with Crippen LogP contribution in [0.5, 0.6) is 11.5 Å². The van der Waals surface area contributed by atoms with E-state index in [0.29, 0.717) is 23.0 Å². The van der Waals surface area contributed by atoms with E-state index in [9.17, 15) is 13.2 Å². The summed E-state index contributed by atoms with van der Waals surface area (Å²) in [6, 6.07) is 15.7. The Labute approximate surface area is 229 Å². The molecule has 0 saturated carbocycles. The quantitative estimate of drug-likeness (QED) is 0.152. The number of methoxy groups -OCH3 is 1. The third-order valence-corrected chi connectivity index (χ3v) is 5.52. The summed E-state index contributed by atoms with van der Waals surface area (Å²) < 4.78 is 50.9. The Bertz CT molecular complexity index is 1310. The maximum atomic E-state index is 13.8. The third kappa shape index (κ3) is 9.33. The van der Waals surface area contributed by atoms with Gasteiger partial charge in [-0.2, -0.15) is 13.2 Å². The van der Waals surface area contributed by atoms with Gasteiger partial charge in [0.25, 0.3) is 6.47 Å². The van der Waals surface area contributed by atoms with Gasteiger partial charge in [0, 0.05) is 21.7 Å². The molecule has 0 spiro atoms. The van der Waals surface area contributed by atoms with Gasteiger partial charge in [0.1, 0.15) is 25.2 Å². The maximum absolute atomic E-state index is 13.8. The van der Waals surface area contributed by atoms with Crippen molar-refractivity contribution in [2.24, 2.45) is 10.3 Å². The van der Waals surface area contributed by atoms with Gasteiger partial charge < -0.3 is 19.1 Å². The predicted octanol–water partition coefficient (Wildman–Crippen LogP) is 7.56. The minimum atomic E-state index is -4.62. The van der Waals surface area contributed by atoms with Gasteiger partial charge >= 0.3 is 6.18 Å². The molecule has 3 rings (SSSR count). The van der Waals surface area contributed by atoms with Crippen molar-refractivity contribution in [3.8, 4) is 11.5 Å². The minimum absolute atomic E-state index is 0.0366. The summed E-state index contributed by atoms with van der Waals surface area (Å²) in [7, 11) is 2.76. The standard InChI is InChI=1S/C26H24ClF3N2O3.C2H4O2/c1-16-6-5-7-22(17(2)31-33-4)24(16)15-34-32-18(3)23-13-12-21(14-25(23)26(28,29)30)35-20-10-8-19(27)9-11-20;1-4-2-3/h5-14H,15H2,1-4H3;2H,1H3/b31-17-,32-18+;. The number of hydrogen-bond donors (Lipinski definition) is 0. The normalized spacial score (nSPS) is 11.7. The number of oxime groups is 2. The van der Waals surface area contributed by atoms with Gasteiger partial charge in [-0.05, 0) is 68.8 Å². The lowest BCUT2D eigenvalue weighted by Gasteiger charge is -2.15. The first kappa shape index (κ1) is 31.2. The lowest BCUT2D eigenvalue weighted by Crippen LogP contribution is -2.13. The molecule has 0 fully saturated rings. The Hall–Kier alpha value is -4.05. The maximum Gasteiger partial charge on any atom is 0.417 e. The Morgan fingerprint density at radius 1 is 0.923 bits per heavy atom. The van der Waals surface area contributed by atoms with Gasteiger partial charge in [-0.15, -0.1) is 0 Å². The zero-order valence-corrected chi connectivity index (χ0v) is 22.8. The first-order chi connectivity index (χ1) is 18.5. The highest BCUT2D eigenvalue weighted by Gasteiger charge is 2.34. The molecule has 0 unspecified atom stereocenters. The van der Waals surface area contributed by atoms with Crippen LogP contribution in [0, 0.1) is 6.92 Å². The second-order valence-corrected chi connectivity index (χ2v) is 8.44. The molecule has 3 aromatic carbocycles. The highest BCUT2D eigenvalue weighted by molar-refractivity contribution is 6.30. The van der Waals surface area contributed by atoms with Crippen LogP contribution in [-0.2, 0) is 32.0 Å². The summed E-state index contributed by atoms with van der Waals surface area (Å²) >= 11 is 5.84. The van der Waals surface area contributed by atoms with E-state index in [1.54, 1.807) is 31.2 Å². The number of carbonyl (C=O) groups is 1. The number of alkyl halides is 3. The summed E-state index contributed by atoms with van der Waals surface area (Å²) in [6.07, 6.45) is -4.62. The molecule has 0 aliphatic carbocycles. The fourth-order valence-electron chi connectivity index (χ4n) is 3.44. The second kappa shape index (κ2) is 14.8. The van der Waals surface area contributed by atoms with Crippen molar-refractivity contribution in [2.75, 3.05) is 14.2 Å². The Morgan fingerprint density at radius 3 is 2.13 bits per heavy atom. The van der Waals surface area contributed by atoms with Crippen LogP contribution in [0.15, 0.2) is 71.0 Å². The molecule has 0 radical (unpaired) electrons. The summed E-state index contributed by atoms with van der Waals surface area (Å²) in [6.45, 7) is 5.58. The van der Waals surface area contributed by atoms with Crippen molar-refractivity contribution < 1.29 is 37.1 Å². The fourth-order valence-corrected chi connectivity index (χ4v) is 3.56. The summed E-state index contributed by atoms with van der Waals surface area (Å²) in [5, 5.41) is 8.41. The predicted molar refractivity (Wildman–Crippen MR) is 143 cm³/mol. The zero-order chi connectivity index (χ0) is 29.0. The first-order valence-corrected chi connectivity index (χ1v) is 11.8. The summed E-state index contributed by atoms with van der Waals surface area (Å²) in [4.78, 5) is 19.3. The van der Waals surface area contributed by atoms with Crippen LogP contribution in [0.2, 0.25) is 5.02 Å². The highest BCUT2D eigenvalue weighted by atomic mass is 35.5. The van der Waals surface area contributed by atoms with E-state index in [2.05, 4.69) is 15.0 Å². The second-order valence-electron chi connectivity index (χ2n) is 8.00. The Balaban J connectivity index is 0.00000124. The van der Waals surface area contributed by atoms with E-state index in [-0.39, 0.29) is 23.6 Å². The van der Waals surface area contributed by atoms with E-state index in [1.807, 2.05) is 25.1 Å². The monoisotopic (exact) mass is 564 g/mol. The number of aryl methyl sites for hydroxylation is 1. The molecule has 0 amide bonds. The number of carbonyl (C=O) groups excluding carboxylic acids is 1. The number of hydrogen-bond acceptors (Lipinski definition) is 7. The molecule has 0 aliphatic rings. The molecule has 0 aliphatic heterocycles. The van der Waals surface area contributed by atoms with Gasteiger partial charge in [0.15, 0.2) is 0 Å². The Morgan fingerprint density at radius 2 is 1.54 bits per heavy atom. The van der Waals surface area contributed by atoms with Crippen LogP contribution in [0.3, 0.4) is 0 Å². The van der Waals surface area contributed by atoms with Crippen molar-refractivity contribution in [1.29, 1.82) is 0 Å².